The zero-order valence-electron chi connectivity index (χ0n) is 12.8. The summed E-state index contributed by atoms with van der Waals surface area (Å²) in [6.07, 6.45) is 2.81. The van der Waals surface area contributed by atoms with Crippen molar-refractivity contribution in [3.63, 3.8) is 0 Å². The van der Waals surface area contributed by atoms with Gasteiger partial charge < -0.3 is 10.1 Å². The van der Waals surface area contributed by atoms with Gasteiger partial charge in [-0.05, 0) is 53.4 Å². The summed E-state index contributed by atoms with van der Waals surface area (Å²) in [5, 5.41) is 3.65. The van der Waals surface area contributed by atoms with Gasteiger partial charge in [0.25, 0.3) is 0 Å². The zero-order chi connectivity index (χ0) is 13.4. The van der Waals surface area contributed by atoms with Crippen molar-refractivity contribution < 1.29 is 4.74 Å². The Kier molecular flexibility index (Phi) is 4.05. The van der Waals surface area contributed by atoms with Gasteiger partial charge in [-0.1, -0.05) is 0 Å². The molecule has 3 nitrogen and oxygen atoms in total. The first-order valence-electron chi connectivity index (χ1n) is 7.44. The van der Waals surface area contributed by atoms with Crippen LogP contribution in [0, 0.1) is 5.92 Å². The molecule has 0 amide bonds. The molecule has 0 spiro atoms. The molecule has 1 aliphatic carbocycles. The molecular formula is C15H30N2O. The second-order valence-electron chi connectivity index (χ2n) is 7.32. The highest BCUT2D eigenvalue weighted by Crippen LogP contribution is 2.43. The minimum absolute atomic E-state index is 0.0182. The molecular weight excluding hydrogens is 224 g/mol. The first-order chi connectivity index (χ1) is 8.31. The number of hydrogen-bond acceptors (Lipinski definition) is 3. The van der Waals surface area contributed by atoms with E-state index in [1.807, 2.05) is 0 Å². The first-order valence-corrected chi connectivity index (χ1v) is 7.44. The standard InChI is InChI=1S/C15H30N2O/c1-12-10-17(8-9-18-14(2,3)4)15(5,11-16-12)13-6-7-13/h12-13,16H,6-11H2,1-5H3. The van der Waals surface area contributed by atoms with Gasteiger partial charge in [-0.25, -0.2) is 0 Å². The minimum Gasteiger partial charge on any atom is -0.375 e. The molecule has 18 heavy (non-hydrogen) atoms. The molecule has 2 unspecified atom stereocenters. The van der Waals surface area contributed by atoms with Crippen molar-refractivity contribution in [3.8, 4) is 0 Å². The Morgan fingerprint density at radius 1 is 1.33 bits per heavy atom. The van der Waals surface area contributed by atoms with Crippen LogP contribution in [-0.2, 0) is 4.74 Å². The van der Waals surface area contributed by atoms with Gasteiger partial charge in [0.2, 0.25) is 0 Å². The van der Waals surface area contributed by atoms with Crippen LogP contribution in [-0.4, -0.2) is 48.3 Å². The molecule has 1 saturated heterocycles. The largest absolute Gasteiger partial charge is 0.375 e. The average molecular weight is 254 g/mol. The summed E-state index contributed by atoms with van der Waals surface area (Å²) in [6, 6.07) is 0.603. The van der Waals surface area contributed by atoms with Crippen LogP contribution in [0.3, 0.4) is 0 Å². The van der Waals surface area contributed by atoms with E-state index in [2.05, 4.69) is 44.8 Å². The maximum atomic E-state index is 5.90. The summed E-state index contributed by atoms with van der Waals surface area (Å²) in [7, 11) is 0. The summed E-state index contributed by atoms with van der Waals surface area (Å²) in [5.41, 5.74) is 0.337. The maximum absolute atomic E-state index is 5.90. The summed E-state index contributed by atoms with van der Waals surface area (Å²) < 4.78 is 5.90. The number of hydrogen-bond donors (Lipinski definition) is 1. The quantitative estimate of drug-likeness (QED) is 0.833. The maximum Gasteiger partial charge on any atom is 0.0600 e. The van der Waals surface area contributed by atoms with E-state index in [9.17, 15) is 0 Å². The van der Waals surface area contributed by atoms with Crippen molar-refractivity contribution in [3.05, 3.63) is 0 Å². The van der Waals surface area contributed by atoms with Crippen molar-refractivity contribution in [2.45, 2.75) is 64.6 Å². The van der Waals surface area contributed by atoms with E-state index in [0.29, 0.717) is 11.6 Å². The summed E-state index contributed by atoms with van der Waals surface area (Å²) in [4.78, 5) is 2.66. The molecule has 0 aromatic rings. The van der Waals surface area contributed by atoms with Gasteiger partial charge in [-0.15, -0.1) is 0 Å². The van der Waals surface area contributed by atoms with Crippen LogP contribution in [0.4, 0.5) is 0 Å². The lowest BCUT2D eigenvalue weighted by Gasteiger charge is -2.48. The number of nitrogens with one attached hydrogen (secondary N) is 1. The lowest BCUT2D eigenvalue weighted by atomic mass is 9.90. The molecule has 2 aliphatic rings. The van der Waals surface area contributed by atoms with Crippen molar-refractivity contribution in [1.82, 2.24) is 10.2 Å². The van der Waals surface area contributed by atoms with Crippen LogP contribution in [0.1, 0.15) is 47.5 Å². The van der Waals surface area contributed by atoms with Crippen LogP contribution in [0.25, 0.3) is 0 Å². The topological polar surface area (TPSA) is 24.5 Å². The second-order valence-corrected chi connectivity index (χ2v) is 7.32. The Labute approximate surface area is 112 Å². The van der Waals surface area contributed by atoms with E-state index in [-0.39, 0.29) is 5.60 Å². The van der Waals surface area contributed by atoms with Crippen LogP contribution >= 0.6 is 0 Å². The van der Waals surface area contributed by atoms with E-state index in [1.165, 1.54) is 12.8 Å². The highest BCUT2D eigenvalue weighted by Gasteiger charge is 2.47. The molecule has 2 rings (SSSR count). The van der Waals surface area contributed by atoms with E-state index in [1.54, 1.807) is 0 Å². The Balaban J connectivity index is 1.89. The minimum atomic E-state index is -0.0182. The van der Waals surface area contributed by atoms with Gasteiger partial charge >= 0.3 is 0 Å². The molecule has 1 aliphatic heterocycles. The molecule has 2 fully saturated rings. The molecule has 2 atom stereocenters. The zero-order valence-corrected chi connectivity index (χ0v) is 12.8. The van der Waals surface area contributed by atoms with Crippen molar-refractivity contribution in [2.75, 3.05) is 26.2 Å². The third-order valence-corrected chi connectivity index (χ3v) is 4.38. The number of rotatable bonds is 4. The predicted molar refractivity (Wildman–Crippen MR) is 75.9 cm³/mol. The second kappa shape index (κ2) is 5.10. The molecule has 0 bridgehead atoms. The monoisotopic (exact) mass is 254 g/mol. The van der Waals surface area contributed by atoms with Crippen LogP contribution in [0.2, 0.25) is 0 Å². The van der Waals surface area contributed by atoms with Gasteiger partial charge in [0.05, 0.1) is 12.2 Å². The van der Waals surface area contributed by atoms with E-state index >= 15 is 0 Å². The van der Waals surface area contributed by atoms with E-state index in [4.69, 9.17) is 4.74 Å². The lowest BCUT2D eigenvalue weighted by molar-refractivity contribution is -0.0400. The van der Waals surface area contributed by atoms with Crippen molar-refractivity contribution in [1.29, 1.82) is 0 Å². The van der Waals surface area contributed by atoms with Gasteiger partial charge in [-0.2, -0.15) is 0 Å². The first kappa shape index (κ1) is 14.3. The summed E-state index contributed by atoms with van der Waals surface area (Å²) in [5.74, 6) is 0.895. The van der Waals surface area contributed by atoms with Crippen LogP contribution in [0.5, 0.6) is 0 Å². The molecule has 1 N–H and O–H groups in total. The average Bonchev–Trinajstić information content (AvgIpc) is 3.05. The third kappa shape index (κ3) is 3.46. The van der Waals surface area contributed by atoms with Crippen LogP contribution < -0.4 is 5.32 Å². The van der Waals surface area contributed by atoms with Gasteiger partial charge in [0.1, 0.15) is 0 Å². The molecule has 106 valence electrons. The molecule has 3 heteroatoms. The van der Waals surface area contributed by atoms with Crippen molar-refractivity contribution >= 4 is 0 Å². The fourth-order valence-corrected chi connectivity index (χ4v) is 3.01. The molecule has 0 radical (unpaired) electrons. The Hall–Kier alpha value is -0.120. The fraction of sp³-hybridized carbons (Fsp3) is 1.00. The number of ether oxygens (including phenoxy) is 1. The SMILES string of the molecule is CC1CN(CCOC(C)(C)C)C(C)(C2CC2)CN1. The fourth-order valence-electron chi connectivity index (χ4n) is 3.01. The van der Waals surface area contributed by atoms with Crippen LogP contribution in [0.15, 0.2) is 0 Å². The molecule has 1 saturated carbocycles. The van der Waals surface area contributed by atoms with E-state index < -0.39 is 0 Å². The number of piperazine rings is 1. The Morgan fingerprint density at radius 2 is 2.00 bits per heavy atom. The molecule has 0 aromatic carbocycles. The van der Waals surface area contributed by atoms with Gasteiger partial charge in [-0.3, -0.25) is 4.90 Å². The smallest absolute Gasteiger partial charge is 0.0600 e. The van der Waals surface area contributed by atoms with Crippen molar-refractivity contribution in [2.24, 2.45) is 5.92 Å². The normalized spacial score (nSPS) is 34.8. The lowest BCUT2D eigenvalue weighted by Crippen LogP contribution is -2.64. The highest BCUT2D eigenvalue weighted by molar-refractivity contribution is 5.04. The summed E-state index contributed by atoms with van der Waals surface area (Å²) >= 11 is 0. The Morgan fingerprint density at radius 3 is 2.56 bits per heavy atom. The molecule has 1 heterocycles. The summed E-state index contributed by atoms with van der Waals surface area (Å²) in [6.45, 7) is 15.3. The highest BCUT2D eigenvalue weighted by atomic mass is 16.5. The van der Waals surface area contributed by atoms with E-state index in [0.717, 1.165) is 32.2 Å². The Bertz CT molecular complexity index is 283. The third-order valence-electron chi connectivity index (χ3n) is 4.38. The predicted octanol–water partition coefficient (Wildman–Crippen LogP) is 2.26. The van der Waals surface area contributed by atoms with Gasteiger partial charge in [0.15, 0.2) is 0 Å². The van der Waals surface area contributed by atoms with Gasteiger partial charge in [0, 0.05) is 31.2 Å². The molecule has 0 aromatic heterocycles. The number of nitrogens with zero attached hydrogens (tertiary/aromatic N) is 1.